The van der Waals surface area contributed by atoms with Crippen molar-refractivity contribution in [3.63, 3.8) is 0 Å². The van der Waals surface area contributed by atoms with E-state index < -0.39 is 0 Å². The van der Waals surface area contributed by atoms with Gasteiger partial charge in [0, 0.05) is 43.4 Å². The average Bonchev–Trinajstić information content (AvgIpc) is 3.01. The zero-order valence-corrected chi connectivity index (χ0v) is 13.6. The van der Waals surface area contributed by atoms with Crippen LogP contribution >= 0.6 is 0 Å². The summed E-state index contributed by atoms with van der Waals surface area (Å²) in [5.74, 6) is 1.000. The molecule has 1 amide bonds. The lowest BCUT2D eigenvalue weighted by Crippen LogP contribution is -2.12. The molecule has 5 heteroatoms. The molecule has 0 radical (unpaired) electrons. The van der Waals surface area contributed by atoms with Crippen LogP contribution in [0.15, 0.2) is 61.2 Å². The molecule has 3 rings (SSSR count). The van der Waals surface area contributed by atoms with E-state index in [4.69, 9.17) is 0 Å². The number of anilines is 1. The number of pyridine rings is 1. The lowest BCUT2D eigenvalue weighted by atomic mass is 10.1. The van der Waals surface area contributed by atoms with E-state index in [1.54, 1.807) is 18.6 Å². The lowest BCUT2D eigenvalue weighted by Gasteiger charge is -2.08. The highest BCUT2D eigenvalue weighted by Crippen LogP contribution is 2.12. The fraction of sp³-hybridized carbons (Fsp3) is 0.211. The SMILES string of the molecule is Cc1nccn1Cc1ccc(NC(=O)CCc2cccnc2)cc1. The Morgan fingerprint density at radius 2 is 1.96 bits per heavy atom. The van der Waals surface area contributed by atoms with Gasteiger partial charge in [0.25, 0.3) is 0 Å². The van der Waals surface area contributed by atoms with Gasteiger partial charge in [-0.1, -0.05) is 18.2 Å². The Labute approximate surface area is 141 Å². The van der Waals surface area contributed by atoms with Crippen LogP contribution in [0.4, 0.5) is 5.69 Å². The van der Waals surface area contributed by atoms with Crippen LogP contribution in [0.1, 0.15) is 23.4 Å². The predicted octanol–water partition coefficient (Wildman–Crippen LogP) is 3.21. The summed E-state index contributed by atoms with van der Waals surface area (Å²) in [5.41, 5.74) is 3.06. The third kappa shape index (κ3) is 4.29. The van der Waals surface area contributed by atoms with Gasteiger partial charge in [-0.3, -0.25) is 9.78 Å². The number of nitrogens with one attached hydrogen (secondary N) is 1. The second-order valence-electron chi connectivity index (χ2n) is 5.71. The third-order valence-electron chi connectivity index (χ3n) is 3.88. The highest BCUT2D eigenvalue weighted by Gasteiger charge is 2.04. The summed E-state index contributed by atoms with van der Waals surface area (Å²) in [4.78, 5) is 20.3. The van der Waals surface area contributed by atoms with E-state index in [0.717, 1.165) is 23.6 Å². The van der Waals surface area contributed by atoms with Gasteiger partial charge in [0.15, 0.2) is 0 Å². The molecule has 122 valence electrons. The Morgan fingerprint density at radius 1 is 1.12 bits per heavy atom. The molecule has 0 aliphatic rings. The molecule has 0 aliphatic carbocycles. The highest BCUT2D eigenvalue weighted by atomic mass is 16.1. The van der Waals surface area contributed by atoms with Gasteiger partial charge in [0.1, 0.15) is 5.82 Å². The van der Waals surface area contributed by atoms with Crippen LogP contribution < -0.4 is 5.32 Å². The molecule has 1 aromatic carbocycles. The van der Waals surface area contributed by atoms with Crippen LogP contribution in [0.2, 0.25) is 0 Å². The van der Waals surface area contributed by atoms with Crippen LogP contribution in [0.25, 0.3) is 0 Å². The summed E-state index contributed by atoms with van der Waals surface area (Å²) in [6.45, 7) is 2.76. The van der Waals surface area contributed by atoms with Crippen LogP contribution in [0, 0.1) is 6.92 Å². The average molecular weight is 320 g/mol. The molecular weight excluding hydrogens is 300 g/mol. The minimum Gasteiger partial charge on any atom is -0.331 e. The van der Waals surface area contributed by atoms with Crippen molar-refractivity contribution in [3.05, 3.63) is 78.1 Å². The maximum atomic E-state index is 12.0. The van der Waals surface area contributed by atoms with E-state index in [9.17, 15) is 4.79 Å². The van der Waals surface area contributed by atoms with Gasteiger partial charge < -0.3 is 9.88 Å². The van der Waals surface area contributed by atoms with Gasteiger partial charge in [-0.05, 0) is 42.7 Å². The first-order valence-corrected chi connectivity index (χ1v) is 7.96. The first-order chi connectivity index (χ1) is 11.7. The van der Waals surface area contributed by atoms with Gasteiger partial charge in [-0.2, -0.15) is 0 Å². The highest BCUT2D eigenvalue weighted by molar-refractivity contribution is 5.90. The molecule has 0 saturated heterocycles. The first-order valence-electron chi connectivity index (χ1n) is 7.96. The van der Waals surface area contributed by atoms with Crippen LogP contribution in [0.3, 0.4) is 0 Å². The van der Waals surface area contributed by atoms with Crippen molar-refractivity contribution in [2.24, 2.45) is 0 Å². The predicted molar refractivity (Wildman–Crippen MR) is 93.7 cm³/mol. The maximum absolute atomic E-state index is 12.0. The number of imidazole rings is 1. The summed E-state index contributed by atoms with van der Waals surface area (Å²) in [6, 6.07) is 11.8. The summed E-state index contributed by atoms with van der Waals surface area (Å²) >= 11 is 0. The number of carbonyl (C=O) groups excluding carboxylic acids is 1. The van der Waals surface area contributed by atoms with Crippen molar-refractivity contribution in [1.29, 1.82) is 0 Å². The number of hydrogen-bond donors (Lipinski definition) is 1. The van der Waals surface area contributed by atoms with Crippen molar-refractivity contribution in [2.75, 3.05) is 5.32 Å². The molecule has 0 bridgehead atoms. The number of carbonyl (C=O) groups is 1. The number of hydrogen-bond acceptors (Lipinski definition) is 3. The normalized spacial score (nSPS) is 10.5. The van der Waals surface area contributed by atoms with Gasteiger partial charge in [-0.15, -0.1) is 0 Å². The second-order valence-corrected chi connectivity index (χ2v) is 5.71. The first kappa shape index (κ1) is 15.9. The van der Waals surface area contributed by atoms with Crippen molar-refractivity contribution in [2.45, 2.75) is 26.3 Å². The molecule has 24 heavy (non-hydrogen) atoms. The molecule has 0 fully saturated rings. The summed E-state index contributed by atoms with van der Waals surface area (Å²) < 4.78 is 2.08. The summed E-state index contributed by atoms with van der Waals surface area (Å²) in [5, 5.41) is 2.93. The second kappa shape index (κ2) is 7.55. The number of amides is 1. The van der Waals surface area contributed by atoms with Crippen LogP contribution in [-0.2, 0) is 17.8 Å². The molecule has 1 N–H and O–H groups in total. The van der Waals surface area contributed by atoms with Gasteiger partial charge >= 0.3 is 0 Å². The Balaban J connectivity index is 1.52. The summed E-state index contributed by atoms with van der Waals surface area (Å²) in [7, 11) is 0. The molecule has 2 aromatic heterocycles. The Bertz CT molecular complexity index is 794. The van der Waals surface area contributed by atoms with Crippen LogP contribution in [-0.4, -0.2) is 20.4 Å². The molecule has 0 spiro atoms. The van der Waals surface area contributed by atoms with Crippen molar-refractivity contribution in [3.8, 4) is 0 Å². The monoisotopic (exact) mass is 320 g/mol. The minimum absolute atomic E-state index is 0.0112. The van der Waals surface area contributed by atoms with E-state index in [2.05, 4.69) is 19.9 Å². The largest absolute Gasteiger partial charge is 0.331 e. The molecule has 3 aromatic rings. The molecular formula is C19H20N4O. The quantitative estimate of drug-likeness (QED) is 0.758. The molecule has 2 heterocycles. The van der Waals surface area contributed by atoms with Crippen molar-refractivity contribution < 1.29 is 4.79 Å². The standard InChI is InChI=1S/C19H20N4O/c1-15-21-11-12-23(15)14-17-4-7-18(8-5-17)22-19(24)9-6-16-3-2-10-20-13-16/h2-5,7-8,10-13H,6,9,14H2,1H3,(H,22,24). The number of aryl methyl sites for hydroxylation is 2. The minimum atomic E-state index is 0.0112. The molecule has 0 aliphatic heterocycles. The smallest absolute Gasteiger partial charge is 0.224 e. The van der Waals surface area contributed by atoms with E-state index in [0.29, 0.717) is 12.8 Å². The lowest BCUT2D eigenvalue weighted by molar-refractivity contribution is -0.116. The van der Waals surface area contributed by atoms with Crippen molar-refractivity contribution in [1.82, 2.24) is 14.5 Å². The Morgan fingerprint density at radius 3 is 2.62 bits per heavy atom. The summed E-state index contributed by atoms with van der Waals surface area (Å²) in [6.07, 6.45) is 8.42. The number of rotatable bonds is 6. The fourth-order valence-corrected chi connectivity index (χ4v) is 2.49. The maximum Gasteiger partial charge on any atom is 0.224 e. The zero-order valence-electron chi connectivity index (χ0n) is 13.6. The Hall–Kier alpha value is -2.95. The topological polar surface area (TPSA) is 59.8 Å². The van der Waals surface area contributed by atoms with Gasteiger partial charge in [-0.25, -0.2) is 4.98 Å². The number of aromatic nitrogens is 3. The molecule has 0 saturated carbocycles. The third-order valence-corrected chi connectivity index (χ3v) is 3.88. The molecule has 0 unspecified atom stereocenters. The van der Waals surface area contributed by atoms with E-state index >= 15 is 0 Å². The van der Waals surface area contributed by atoms with E-state index in [1.807, 2.05) is 49.5 Å². The number of benzene rings is 1. The number of nitrogens with zero attached hydrogens (tertiary/aromatic N) is 3. The van der Waals surface area contributed by atoms with E-state index in [-0.39, 0.29) is 5.91 Å². The van der Waals surface area contributed by atoms with Gasteiger partial charge in [0.2, 0.25) is 5.91 Å². The Kier molecular flexibility index (Phi) is 5.01. The zero-order chi connectivity index (χ0) is 16.8. The molecule has 0 atom stereocenters. The van der Waals surface area contributed by atoms with E-state index in [1.165, 1.54) is 5.56 Å². The molecule has 5 nitrogen and oxygen atoms in total. The fourth-order valence-electron chi connectivity index (χ4n) is 2.49. The van der Waals surface area contributed by atoms with Crippen LogP contribution in [0.5, 0.6) is 0 Å². The van der Waals surface area contributed by atoms with Crippen molar-refractivity contribution >= 4 is 11.6 Å². The van der Waals surface area contributed by atoms with Gasteiger partial charge in [0.05, 0.1) is 0 Å².